The Labute approximate surface area is 204 Å². The quantitative estimate of drug-likeness (QED) is 0.307. The van der Waals surface area contributed by atoms with Crippen molar-refractivity contribution in [2.75, 3.05) is 13.2 Å². The molecule has 184 valence electrons. The van der Waals surface area contributed by atoms with Gasteiger partial charge in [0.25, 0.3) is 0 Å². The second kappa shape index (κ2) is 11.9. The molecule has 0 bridgehead atoms. The van der Waals surface area contributed by atoms with Gasteiger partial charge in [-0.2, -0.15) is 0 Å². The number of allylic oxidation sites excluding steroid dienone is 1. The smallest absolute Gasteiger partial charge is 0.407 e. The molecule has 0 spiro atoms. The van der Waals surface area contributed by atoms with Gasteiger partial charge in [-0.25, -0.2) is 14.4 Å². The number of carbonyl (C=O) groups excluding carboxylic acids is 4. The summed E-state index contributed by atoms with van der Waals surface area (Å²) in [4.78, 5) is 47.3. The summed E-state index contributed by atoms with van der Waals surface area (Å²) in [5, 5.41) is 7.52. The van der Waals surface area contributed by atoms with Gasteiger partial charge in [0.05, 0.1) is 0 Å². The minimum Gasteiger partial charge on any atom is -0.449 e. The summed E-state index contributed by atoms with van der Waals surface area (Å²) in [6.07, 6.45) is -0.145. The molecule has 0 aromatic heterocycles. The highest BCUT2D eigenvalue weighted by Crippen LogP contribution is 2.44. The Balaban J connectivity index is 1.58. The van der Waals surface area contributed by atoms with Crippen LogP contribution in [0.4, 0.5) is 9.59 Å². The fourth-order valence-electron chi connectivity index (χ4n) is 4.14. The largest absolute Gasteiger partial charge is 0.449 e. The van der Waals surface area contributed by atoms with Crippen LogP contribution in [0.3, 0.4) is 0 Å². The average molecular weight is 479 g/mol. The van der Waals surface area contributed by atoms with Crippen molar-refractivity contribution in [1.29, 1.82) is 0 Å². The van der Waals surface area contributed by atoms with Crippen LogP contribution >= 0.6 is 0 Å². The maximum Gasteiger partial charge on any atom is 0.407 e. The third kappa shape index (κ3) is 6.49. The third-order valence-corrected chi connectivity index (χ3v) is 5.87. The van der Waals surface area contributed by atoms with Crippen LogP contribution in [-0.4, -0.2) is 43.2 Å². The van der Waals surface area contributed by atoms with E-state index in [-0.39, 0.29) is 37.1 Å². The molecule has 0 aliphatic heterocycles. The van der Waals surface area contributed by atoms with Crippen molar-refractivity contribution in [3.63, 3.8) is 0 Å². The second-order valence-corrected chi connectivity index (χ2v) is 8.66. The highest BCUT2D eigenvalue weighted by Gasteiger charge is 2.30. The standard InChI is InChI=1S/C26H30N4O5/c1-16(2)23(24(32)29-17(14-31)8-7-13-28-25(27)33)30-26(34)35-15-22-20-11-5-3-9-18(20)19-10-4-6-12-21(19)22/h3-6,9-12,16,22-23H,7-8,13,15H2,1-2H3,(H,29,32)(H,30,34)(H3,27,28,33). The second-order valence-electron chi connectivity index (χ2n) is 8.66. The molecule has 2 aromatic rings. The summed E-state index contributed by atoms with van der Waals surface area (Å²) in [6, 6.07) is 14.4. The summed E-state index contributed by atoms with van der Waals surface area (Å²) < 4.78 is 5.54. The summed E-state index contributed by atoms with van der Waals surface area (Å²) in [5.74, 6) is 0.787. The van der Waals surface area contributed by atoms with Crippen LogP contribution in [-0.2, 0) is 14.3 Å². The number of fused-ring (bicyclic) bond motifs is 3. The highest BCUT2D eigenvalue weighted by molar-refractivity contribution is 5.88. The number of benzene rings is 2. The first-order valence-electron chi connectivity index (χ1n) is 11.5. The summed E-state index contributed by atoms with van der Waals surface area (Å²) in [5.41, 5.74) is 9.45. The zero-order valence-corrected chi connectivity index (χ0v) is 19.8. The topological polar surface area (TPSA) is 140 Å². The molecule has 4 amide bonds. The monoisotopic (exact) mass is 478 g/mol. The molecule has 1 atom stereocenters. The third-order valence-electron chi connectivity index (χ3n) is 5.87. The van der Waals surface area contributed by atoms with E-state index in [2.05, 4.69) is 28.1 Å². The predicted molar refractivity (Wildman–Crippen MR) is 131 cm³/mol. The van der Waals surface area contributed by atoms with E-state index in [0.29, 0.717) is 6.42 Å². The van der Waals surface area contributed by atoms with Crippen molar-refractivity contribution < 1.29 is 23.9 Å². The number of urea groups is 1. The van der Waals surface area contributed by atoms with E-state index in [4.69, 9.17) is 10.5 Å². The van der Waals surface area contributed by atoms with E-state index in [0.717, 1.165) is 22.3 Å². The molecule has 35 heavy (non-hydrogen) atoms. The number of nitrogens with two attached hydrogens (primary N) is 1. The van der Waals surface area contributed by atoms with Crippen LogP contribution in [0.2, 0.25) is 0 Å². The number of amides is 4. The van der Waals surface area contributed by atoms with E-state index in [1.165, 1.54) is 0 Å². The number of ether oxygens (including phenoxy) is 1. The van der Waals surface area contributed by atoms with E-state index in [1.807, 2.05) is 36.4 Å². The fraction of sp³-hybridized carbons (Fsp3) is 0.346. The van der Waals surface area contributed by atoms with Gasteiger partial charge in [0, 0.05) is 18.9 Å². The molecule has 9 nitrogen and oxygen atoms in total. The van der Waals surface area contributed by atoms with E-state index in [1.54, 1.807) is 19.8 Å². The summed E-state index contributed by atoms with van der Waals surface area (Å²) in [6.45, 7) is 3.92. The number of primary amides is 1. The first kappa shape index (κ1) is 25.5. The Kier molecular flexibility index (Phi) is 8.64. The molecular formula is C26H30N4O5. The van der Waals surface area contributed by atoms with Crippen molar-refractivity contribution in [2.45, 2.75) is 38.6 Å². The number of carbonyl (C=O) groups is 3. The minimum absolute atomic E-state index is 0.0289. The molecule has 2 aromatic carbocycles. The zero-order valence-electron chi connectivity index (χ0n) is 19.8. The fourth-order valence-corrected chi connectivity index (χ4v) is 4.14. The van der Waals surface area contributed by atoms with E-state index in [9.17, 15) is 19.2 Å². The number of hydrogen-bond donors (Lipinski definition) is 4. The number of alkyl carbamates (subject to hydrolysis) is 1. The lowest BCUT2D eigenvalue weighted by molar-refractivity contribution is -0.123. The van der Waals surface area contributed by atoms with Gasteiger partial charge >= 0.3 is 12.1 Å². The molecule has 0 fully saturated rings. The van der Waals surface area contributed by atoms with Crippen molar-refractivity contribution in [3.8, 4) is 11.1 Å². The summed E-state index contributed by atoms with van der Waals surface area (Å²) in [7, 11) is 0. The minimum atomic E-state index is -0.919. The Morgan fingerprint density at radius 3 is 2.17 bits per heavy atom. The molecule has 0 saturated carbocycles. The van der Waals surface area contributed by atoms with Crippen LogP contribution < -0.4 is 21.7 Å². The van der Waals surface area contributed by atoms with Gasteiger partial charge in [-0.05, 0) is 34.6 Å². The van der Waals surface area contributed by atoms with Gasteiger partial charge in [0.15, 0.2) is 0 Å². The van der Waals surface area contributed by atoms with E-state index < -0.39 is 24.1 Å². The molecule has 9 heteroatoms. The average Bonchev–Trinajstić information content (AvgIpc) is 3.16. The lowest BCUT2D eigenvalue weighted by Crippen LogP contribution is -2.49. The Bertz CT molecular complexity index is 1090. The molecule has 5 N–H and O–H groups in total. The Morgan fingerprint density at radius 2 is 1.63 bits per heavy atom. The van der Waals surface area contributed by atoms with Crippen molar-refractivity contribution in [2.24, 2.45) is 11.7 Å². The SMILES string of the molecule is CC(C)C(NC(=O)OCC1c2ccccc2-c2ccccc21)C(=O)NC(=C=O)CCCNC(N)=O. The Morgan fingerprint density at radius 1 is 1.03 bits per heavy atom. The lowest BCUT2D eigenvalue weighted by atomic mass is 9.98. The predicted octanol–water partition coefficient (Wildman–Crippen LogP) is 2.83. The molecular weight excluding hydrogens is 448 g/mol. The van der Waals surface area contributed by atoms with Crippen LogP contribution in [0.15, 0.2) is 54.2 Å². The molecule has 3 rings (SSSR count). The van der Waals surface area contributed by atoms with Crippen LogP contribution in [0, 0.1) is 5.92 Å². The number of nitrogens with one attached hydrogen (secondary N) is 3. The first-order chi connectivity index (χ1) is 16.8. The Hall–Kier alpha value is -4.10. The molecule has 0 saturated heterocycles. The van der Waals surface area contributed by atoms with Crippen molar-refractivity contribution in [1.82, 2.24) is 16.0 Å². The molecule has 0 radical (unpaired) electrons. The van der Waals surface area contributed by atoms with Gasteiger partial charge in [-0.3, -0.25) is 4.79 Å². The number of hydrogen-bond acceptors (Lipinski definition) is 5. The van der Waals surface area contributed by atoms with Gasteiger partial charge in [-0.15, -0.1) is 0 Å². The van der Waals surface area contributed by atoms with Crippen molar-refractivity contribution in [3.05, 3.63) is 65.4 Å². The lowest BCUT2D eigenvalue weighted by Gasteiger charge is -2.22. The maximum atomic E-state index is 12.7. The van der Waals surface area contributed by atoms with Gasteiger partial charge < -0.3 is 26.4 Å². The summed E-state index contributed by atoms with van der Waals surface area (Å²) >= 11 is 0. The van der Waals surface area contributed by atoms with E-state index >= 15 is 0 Å². The van der Waals surface area contributed by atoms with Crippen LogP contribution in [0.1, 0.15) is 43.7 Å². The first-order valence-corrected chi connectivity index (χ1v) is 11.5. The highest BCUT2D eigenvalue weighted by atomic mass is 16.5. The van der Waals surface area contributed by atoms with Gasteiger partial charge in [0.1, 0.15) is 24.3 Å². The van der Waals surface area contributed by atoms with Crippen LogP contribution in [0.5, 0.6) is 0 Å². The molecule has 1 aliphatic rings. The normalized spacial score (nSPS) is 12.7. The molecule has 1 unspecified atom stereocenters. The zero-order chi connectivity index (χ0) is 25.4. The van der Waals surface area contributed by atoms with Gasteiger partial charge in [-0.1, -0.05) is 62.4 Å². The molecule has 0 heterocycles. The maximum absolute atomic E-state index is 12.7. The molecule has 1 aliphatic carbocycles. The van der Waals surface area contributed by atoms with Gasteiger partial charge in [0.2, 0.25) is 5.91 Å². The van der Waals surface area contributed by atoms with Crippen LogP contribution in [0.25, 0.3) is 11.1 Å². The number of rotatable bonds is 10. The van der Waals surface area contributed by atoms with Crippen molar-refractivity contribution >= 4 is 24.0 Å².